The molecule has 2 N–H and O–H groups in total. The molecule has 114 valence electrons. The van der Waals surface area contributed by atoms with Crippen LogP contribution in [-0.2, 0) is 0 Å². The number of H-pyrrole nitrogens is 2. The van der Waals surface area contributed by atoms with Crippen molar-refractivity contribution in [2.45, 2.75) is 12.3 Å². The quantitative estimate of drug-likeness (QED) is 0.881. The third kappa shape index (κ3) is 2.54. The van der Waals surface area contributed by atoms with E-state index < -0.39 is 11.2 Å². The normalized spacial score (nSPS) is 20.3. The Morgan fingerprint density at radius 2 is 2.23 bits per heavy atom. The summed E-state index contributed by atoms with van der Waals surface area (Å²) in [5.41, 5.74) is 0.148. The van der Waals surface area contributed by atoms with E-state index in [9.17, 15) is 14.0 Å². The number of methoxy groups -OCH3 is 1. The fraction of sp³-hybridized carbons (Fsp3) is 0.286. The van der Waals surface area contributed by atoms with Gasteiger partial charge in [0.2, 0.25) is 5.88 Å². The van der Waals surface area contributed by atoms with Gasteiger partial charge in [-0.15, -0.1) is 10.2 Å². The summed E-state index contributed by atoms with van der Waals surface area (Å²) in [7, 11) is 1.47. The average molecular weight is 304 g/mol. The Hall–Kier alpha value is -2.77. The maximum absolute atomic E-state index is 12.3. The van der Waals surface area contributed by atoms with E-state index in [2.05, 4.69) is 20.2 Å². The standard InChI is InChI=1S/C14H13FN4O3/c1-22-13-9(8-4-7(8)2-3-15)5-11(18-19-13)10-6-16-14(21)17-12(10)20/h2-3,5-8H,4H2,1H3,(H2,16,17,20,21)/b3-2+/t7-,8-/m0/s1. The zero-order valence-corrected chi connectivity index (χ0v) is 11.7. The van der Waals surface area contributed by atoms with Crippen molar-refractivity contribution in [3.05, 3.63) is 51.1 Å². The van der Waals surface area contributed by atoms with Crippen molar-refractivity contribution >= 4 is 0 Å². The Balaban J connectivity index is 2.04. The predicted octanol–water partition coefficient (Wildman–Crippen LogP) is 1.12. The molecule has 0 bridgehead atoms. The molecule has 0 aromatic carbocycles. The van der Waals surface area contributed by atoms with E-state index in [4.69, 9.17) is 4.74 Å². The molecule has 1 aliphatic rings. The molecule has 2 heterocycles. The van der Waals surface area contributed by atoms with Crippen LogP contribution in [0.4, 0.5) is 4.39 Å². The molecule has 1 saturated carbocycles. The molecular weight excluding hydrogens is 291 g/mol. The summed E-state index contributed by atoms with van der Waals surface area (Å²) < 4.78 is 17.4. The largest absolute Gasteiger partial charge is 0.480 e. The van der Waals surface area contributed by atoms with Gasteiger partial charge in [-0.25, -0.2) is 9.18 Å². The van der Waals surface area contributed by atoms with E-state index in [1.165, 1.54) is 19.4 Å². The number of hydrogen-bond acceptors (Lipinski definition) is 5. The number of aromatic nitrogens is 4. The molecule has 1 aliphatic carbocycles. The van der Waals surface area contributed by atoms with E-state index in [1.807, 2.05) is 0 Å². The molecule has 0 unspecified atom stereocenters. The van der Waals surface area contributed by atoms with E-state index in [0.717, 1.165) is 12.0 Å². The van der Waals surface area contributed by atoms with Crippen molar-refractivity contribution in [2.24, 2.45) is 5.92 Å². The minimum absolute atomic E-state index is 0.0815. The highest BCUT2D eigenvalue weighted by Crippen LogP contribution is 2.51. The van der Waals surface area contributed by atoms with Gasteiger partial charge in [0.15, 0.2) is 0 Å². The van der Waals surface area contributed by atoms with Gasteiger partial charge in [-0.05, 0) is 24.3 Å². The monoisotopic (exact) mass is 304 g/mol. The van der Waals surface area contributed by atoms with Crippen molar-refractivity contribution in [1.82, 2.24) is 20.2 Å². The Morgan fingerprint density at radius 1 is 1.41 bits per heavy atom. The number of aromatic amines is 2. The topological polar surface area (TPSA) is 101 Å². The van der Waals surface area contributed by atoms with Crippen LogP contribution in [0.5, 0.6) is 5.88 Å². The summed E-state index contributed by atoms with van der Waals surface area (Å²) >= 11 is 0. The highest BCUT2D eigenvalue weighted by molar-refractivity contribution is 5.58. The molecule has 7 nitrogen and oxygen atoms in total. The van der Waals surface area contributed by atoms with Crippen LogP contribution in [0.15, 0.2) is 34.3 Å². The van der Waals surface area contributed by atoms with E-state index >= 15 is 0 Å². The molecule has 3 rings (SSSR count). The highest BCUT2D eigenvalue weighted by atomic mass is 19.1. The van der Waals surface area contributed by atoms with Crippen molar-refractivity contribution in [2.75, 3.05) is 7.11 Å². The van der Waals surface area contributed by atoms with Gasteiger partial charge in [0.25, 0.3) is 5.56 Å². The SMILES string of the molecule is COc1nnc(-c2c[nH]c(=O)[nH]c2=O)cc1[C@H]1C[C@@H]1/C=C/F. The number of allylic oxidation sites excluding steroid dienone is 1. The third-order valence-electron chi connectivity index (χ3n) is 3.64. The lowest BCUT2D eigenvalue weighted by atomic mass is 10.1. The molecule has 0 saturated heterocycles. The fourth-order valence-corrected chi connectivity index (χ4v) is 2.43. The lowest BCUT2D eigenvalue weighted by molar-refractivity contribution is 0.386. The second-order valence-corrected chi connectivity index (χ2v) is 5.00. The summed E-state index contributed by atoms with van der Waals surface area (Å²) in [6.07, 6.45) is 4.08. The fourth-order valence-electron chi connectivity index (χ4n) is 2.43. The van der Waals surface area contributed by atoms with E-state index in [-0.39, 0.29) is 17.4 Å². The molecule has 0 aliphatic heterocycles. The van der Waals surface area contributed by atoms with Crippen LogP contribution >= 0.6 is 0 Å². The molecule has 0 spiro atoms. The molecule has 2 aromatic heterocycles. The lowest BCUT2D eigenvalue weighted by Crippen LogP contribution is -2.23. The Labute approximate surface area is 123 Å². The van der Waals surface area contributed by atoms with Crippen molar-refractivity contribution in [3.63, 3.8) is 0 Å². The number of ether oxygens (including phenoxy) is 1. The summed E-state index contributed by atoms with van der Waals surface area (Å²) in [5.74, 6) is 0.521. The van der Waals surface area contributed by atoms with Crippen LogP contribution in [0.25, 0.3) is 11.3 Å². The average Bonchev–Trinajstić information content (AvgIpc) is 3.26. The summed E-state index contributed by atoms with van der Waals surface area (Å²) in [5, 5.41) is 7.90. The molecule has 0 radical (unpaired) electrons. The minimum Gasteiger partial charge on any atom is -0.480 e. The van der Waals surface area contributed by atoms with Crippen molar-refractivity contribution in [3.8, 4) is 17.1 Å². The van der Waals surface area contributed by atoms with Crippen LogP contribution in [-0.4, -0.2) is 27.3 Å². The molecule has 8 heteroatoms. The van der Waals surface area contributed by atoms with Crippen LogP contribution < -0.4 is 16.0 Å². The van der Waals surface area contributed by atoms with Crippen molar-refractivity contribution in [1.29, 1.82) is 0 Å². The van der Waals surface area contributed by atoms with Gasteiger partial charge in [-0.2, -0.15) is 0 Å². The van der Waals surface area contributed by atoms with Gasteiger partial charge >= 0.3 is 5.69 Å². The van der Waals surface area contributed by atoms with Gasteiger partial charge in [-0.1, -0.05) is 6.08 Å². The highest BCUT2D eigenvalue weighted by Gasteiger charge is 2.39. The predicted molar refractivity (Wildman–Crippen MR) is 76.4 cm³/mol. The van der Waals surface area contributed by atoms with Gasteiger partial charge in [0.05, 0.1) is 19.0 Å². The Morgan fingerprint density at radius 3 is 2.91 bits per heavy atom. The number of nitrogens with one attached hydrogen (secondary N) is 2. The van der Waals surface area contributed by atoms with Crippen LogP contribution in [0.1, 0.15) is 17.9 Å². The zero-order valence-electron chi connectivity index (χ0n) is 11.7. The molecular formula is C14H13FN4O3. The third-order valence-corrected chi connectivity index (χ3v) is 3.64. The summed E-state index contributed by atoms with van der Waals surface area (Å²) in [6.45, 7) is 0. The number of hydrogen-bond donors (Lipinski definition) is 2. The first-order valence-corrected chi connectivity index (χ1v) is 6.65. The van der Waals surface area contributed by atoms with Gasteiger partial charge in [0, 0.05) is 11.8 Å². The van der Waals surface area contributed by atoms with Crippen LogP contribution in [0.2, 0.25) is 0 Å². The Kier molecular flexibility index (Phi) is 3.58. The smallest absolute Gasteiger partial charge is 0.325 e. The van der Waals surface area contributed by atoms with Crippen LogP contribution in [0.3, 0.4) is 0 Å². The van der Waals surface area contributed by atoms with Crippen molar-refractivity contribution < 1.29 is 9.13 Å². The first kappa shape index (κ1) is 14.2. The number of halogens is 1. The van der Waals surface area contributed by atoms with E-state index in [1.54, 1.807) is 6.07 Å². The molecule has 2 atom stereocenters. The maximum atomic E-state index is 12.3. The molecule has 1 fully saturated rings. The Bertz CT molecular complexity index is 842. The van der Waals surface area contributed by atoms with Gasteiger partial charge in [-0.3, -0.25) is 9.78 Å². The first-order valence-electron chi connectivity index (χ1n) is 6.65. The lowest BCUT2D eigenvalue weighted by Gasteiger charge is -2.07. The number of rotatable bonds is 4. The van der Waals surface area contributed by atoms with E-state index in [0.29, 0.717) is 17.9 Å². The maximum Gasteiger partial charge on any atom is 0.325 e. The second kappa shape index (κ2) is 5.55. The summed E-state index contributed by atoms with van der Waals surface area (Å²) in [6, 6.07) is 1.69. The molecule has 0 amide bonds. The zero-order chi connectivity index (χ0) is 15.7. The second-order valence-electron chi connectivity index (χ2n) is 5.00. The van der Waals surface area contributed by atoms with Gasteiger partial charge < -0.3 is 9.72 Å². The van der Waals surface area contributed by atoms with Gasteiger partial charge in [0.1, 0.15) is 5.69 Å². The minimum atomic E-state index is -0.592. The molecule has 2 aromatic rings. The summed E-state index contributed by atoms with van der Waals surface area (Å²) in [4.78, 5) is 27.4. The first-order chi connectivity index (χ1) is 10.6. The van der Waals surface area contributed by atoms with Crippen LogP contribution in [0, 0.1) is 5.92 Å². The molecule has 22 heavy (non-hydrogen) atoms. The number of nitrogens with zero attached hydrogens (tertiary/aromatic N) is 2.